The lowest BCUT2D eigenvalue weighted by Gasteiger charge is -2.27. The van der Waals surface area contributed by atoms with Crippen molar-refractivity contribution in [3.63, 3.8) is 0 Å². The molecule has 0 radical (unpaired) electrons. The Hall–Kier alpha value is -0.0200. The maximum atomic E-state index is 11.0. The van der Waals surface area contributed by atoms with Gasteiger partial charge in [-0.15, -0.1) is 0 Å². The first-order chi connectivity index (χ1) is 5.41. The van der Waals surface area contributed by atoms with Crippen LogP contribution in [0.15, 0.2) is 12.2 Å². The molecule has 1 rings (SSSR count). The molecular weight excluding hydrogens is 196 g/mol. The number of hydrogen-bond donors (Lipinski definition) is 0. The maximum absolute atomic E-state index is 11.0. The molecule has 0 N–H and O–H groups in total. The fraction of sp³-hybridized carbons (Fsp3) is 0.750. The summed E-state index contributed by atoms with van der Waals surface area (Å²) in [5, 5.41) is -0.371. The van der Waals surface area contributed by atoms with Crippen molar-refractivity contribution in [1.29, 1.82) is 0 Å². The van der Waals surface area contributed by atoms with Crippen LogP contribution < -0.4 is 0 Å². The van der Waals surface area contributed by atoms with E-state index in [9.17, 15) is 8.42 Å². The molecule has 2 atom stereocenters. The average Bonchev–Trinajstić information content (AvgIpc) is 1.83. The van der Waals surface area contributed by atoms with Gasteiger partial charge in [-0.05, 0) is 25.2 Å². The minimum atomic E-state index is -3.37. The molecule has 0 bridgehead atoms. The monoisotopic (exact) mass is 208 g/mol. The van der Waals surface area contributed by atoms with E-state index in [4.69, 9.17) is 10.7 Å². The smallest absolute Gasteiger partial charge is 0.212 e. The average molecular weight is 209 g/mol. The molecule has 1 aliphatic rings. The van der Waals surface area contributed by atoms with E-state index in [1.54, 1.807) is 0 Å². The van der Waals surface area contributed by atoms with Crippen LogP contribution in [0, 0.1) is 5.92 Å². The Labute approximate surface area is 78.0 Å². The summed E-state index contributed by atoms with van der Waals surface area (Å²) in [4.78, 5) is 0. The molecule has 0 aromatic heterocycles. The van der Waals surface area contributed by atoms with Gasteiger partial charge in [-0.3, -0.25) is 0 Å². The van der Waals surface area contributed by atoms with Gasteiger partial charge >= 0.3 is 0 Å². The van der Waals surface area contributed by atoms with E-state index in [-0.39, 0.29) is 11.2 Å². The van der Waals surface area contributed by atoms with E-state index in [2.05, 4.69) is 6.58 Å². The van der Waals surface area contributed by atoms with Crippen LogP contribution in [0.3, 0.4) is 0 Å². The van der Waals surface area contributed by atoms with Crippen molar-refractivity contribution in [1.82, 2.24) is 0 Å². The molecule has 2 unspecified atom stereocenters. The van der Waals surface area contributed by atoms with Crippen LogP contribution in [0.1, 0.15) is 26.2 Å². The fourth-order valence-corrected chi connectivity index (χ4v) is 3.58. The van der Waals surface area contributed by atoms with Gasteiger partial charge in [0.15, 0.2) is 0 Å². The minimum Gasteiger partial charge on any atom is -0.212 e. The van der Waals surface area contributed by atoms with E-state index in [0.717, 1.165) is 18.4 Å². The molecule has 1 fully saturated rings. The third kappa shape index (κ3) is 2.23. The van der Waals surface area contributed by atoms with Crippen molar-refractivity contribution in [3.8, 4) is 0 Å². The summed E-state index contributed by atoms with van der Waals surface area (Å²) >= 11 is 0. The minimum absolute atomic E-state index is 0.119. The Kier molecular flexibility index (Phi) is 2.84. The van der Waals surface area contributed by atoms with Gasteiger partial charge in [-0.1, -0.05) is 19.1 Å². The lowest BCUT2D eigenvalue weighted by atomic mass is 9.87. The molecule has 1 aliphatic carbocycles. The van der Waals surface area contributed by atoms with E-state index in [1.807, 2.05) is 6.92 Å². The zero-order valence-electron chi connectivity index (χ0n) is 7.09. The van der Waals surface area contributed by atoms with Gasteiger partial charge < -0.3 is 0 Å². The van der Waals surface area contributed by atoms with Crippen LogP contribution in [-0.4, -0.2) is 13.7 Å². The Morgan fingerprint density at radius 1 is 1.58 bits per heavy atom. The molecule has 0 aromatic carbocycles. The van der Waals surface area contributed by atoms with Crippen LogP contribution in [0.25, 0.3) is 0 Å². The number of rotatable bonds is 1. The van der Waals surface area contributed by atoms with Gasteiger partial charge in [0.05, 0.1) is 5.25 Å². The maximum Gasteiger partial charge on any atom is 0.235 e. The summed E-state index contributed by atoms with van der Waals surface area (Å²) in [5.74, 6) is 0.119. The summed E-state index contributed by atoms with van der Waals surface area (Å²) in [5.41, 5.74) is 1.14. The molecular formula is C8H13ClO2S. The summed E-state index contributed by atoms with van der Waals surface area (Å²) in [6.45, 7) is 5.75. The second kappa shape index (κ2) is 3.38. The molecule has 0 heterocycles. The Morgan fingerprint density at radius 2 is 2.17 bits per heavy atom. The second-order valence-electron chi connectivity index (χ2n) is 3.48. The highest BCUT2D eigenvalue weighted by Crippen LogP contribution is 2.33. The van der Waals surface area contributed by atoms with E-state index in [0.29, 0.717) is 6.42 Å². The lowest BCUT2D eigenvalue weighted by Crippen LogP contribution is -2.28. The van der Waals surface area contributed by atoms with Crippen LogP contribution in [0.4, 0.5) is 0 Å². The Morgan fingerprint density at radius 3 is 2.58 bits per heavy atom. The van der Waals surface area contributed by atoms with E-state index in [1.165, 1.54) is 0 Å². The van der Waals surface area contributed by atoms with Crippen molar-refractivity contribution >= 4 is 19.7 Å². The van der Waals surface area contributed by atoms with Gasteiger partial charge in [0, 0.05) is 10.7 Å². The van der Waals surface area contributed by atoms with Crippen molar-refractivity contribution in [2.24, 2.45) is 5.92 Å². The molecule has 0 saturated heterocycles. The fourth-order valence-electron chi connectivity index (χ4n) is 1.74. The highest BCUT2D eigenvalue weighted by Gasteiger charge is 2.32. The number of halogens is 1. The molecule has 4 heteroatoms. The van der Waals surface area contributed by atoms with Crippen molar-refractivity contribution < 1.29 is 8.42 Å². The largest absolute Gasteiger partial charge is 0.235 e. The zero-order valence-corrected chi connectivity index (χ0v) is 8.66. The van der Waals surface area contributed by atoms with Crippen molar-refractivity contribution in [2.45, 2.75) is 31.4 Å². The van der Waals surface area contributed by atoms with Crippen LogP contribution >= 0.6 is 10.7 Å². The third-order valence-electron chi connectivity index (χ3n) is 2.39. The summed E-state index contributed by atoms with van der Waals surface area (Å²) in [6, 6.07) is 0. The van der Waals surface area contributed by atoms with Crippen LogP contribution in [0.2, 0.25) is 0 Å². The van der Waals surface area contributed by atoms with Gasteiger partial charge in [0.1, 0.15) is 0 Å². The van der Waals surface area contributed by atoms with Gasteiger partial charge in [-0.25, -0.2) is 8.42 Å². The van der Waals surface area contributed by atoms with Crippen LogP contribution in [0.5, 0.6) is 0 Å². The van der Waals surface area contributed by atoms with E-state index < -0.39 is 9.05 Å². The SMILES string of the molecule is C=C1CCC(S(=O)(=O)Cl)C(C)C1. The zero-order chi connectivity index (χ0) is 9.35. The Balaban J connectivity index is 2.76. The van der Waals surface area contributed by atoms with Crippen LogP contribution in [-0.2, 0) is 9.05 Å². The molecule has 0 aromatic rings. The second-order valence-corrected chi connectivity index (χ2v) is 6.33. The molecule has 1 saturated carbocycles. The predicted molar refractivity (Wildman–Crippen MR) is 50.7 cm³/mol. The number of allylic oxidation sites excluding steroid dienone is 1. The topological polar surface area (TPSA) is 34.1 Å². The highest BCUT2D eigenvalue weighted by molar-refractivity contribution is 8.14. The summed E-state index contributed by atoms with van der Waals surface area (Å²) < 4.78 is 22.1. The first kappa shape index (κ1) is 10.1. The molecule has 0 amide bonds. The molecule has 12 heavy (non-hydrogen) atoms. The normalized spacial score (nSPS) is 32.0. The lowest BCUT2D eigenvalue weighted by molar-refractivity contribution is 0.446. The molecule has 0 aliphatic heterocycles. The van der Waals surface area contributed by atoms with Gasteiger partial charge in [-0.2, -0.15) is 0 Å². The summed E-state index contributed by atoms with van der Waals surface area (Å²) in [7, 11) is 1.93. The first-order valence-electron chi connectivity index (χ1n) is 4.01. The third-order valence-corrected chi connectivity index (χ3v) is 4.50. The van der Waals surface area contributed by atoms with Crippen molar-refractivity contribution in [2.75, 3.05) is 0 Å². The molecule has 70 valence electrons. The van der Waals surface area contributed by atoms with E-state index >= 15 is 0 Å². The summed E-state index contributed by atoms with van der Waals surface area (Å²) in [6.07, 6.45) is 2.21. The standard InChI is InChI=1S/C8H13ClO2S/c1-6-3-4-8(7(2)5-6)12(9,10)11/h7-8H,1,3-5H2,2H3. The van der Waals surface area contributed by atoms with Gasteiger partial charge in [0.2, 0.25) is 9.05 Å². The van der Waals surface area contributed by atoms with Gasteiger partial charge in [0.25, 0.3) is 0 Å². The first-order valence-corrected chi connectivity index (χ1v) is 6.38. The highest BCUT2D eigenvalue weighted by atomic mass is 35.7. The predicted octanol–water partition coefficient (Wildman–Crippen LogP) is 2.30. The molecule has 2 nitrogen and oxygen atoms in total. The van der Waals surface area contributed by atoms with Crippen molar-refractivity contribution in [3.05, 3.63) is 12.2 Å². The quantitative estimate of drug-likeness (QED) is 0.490. The number of hydrogen-bond acceptors (Lipinski definition) is 2. The molecule has 0 spiro atoms. The Bertz CT molecular complexity index is 281.